The van der Waals surface area contributed by atoms with E-state index < -0.39 is 0 Å². The number of hydrogen-bond donors (Lipinski definition) is 0. The minimum Gasteiger partial charge on any atom is -0.336 e. The topological polar surface area (TPSA) is 54.5 Å². The molecule has 1 aliphatic rings. The van der Waals surface area contributed by atoms with Gasteiger partial charge in [0, 0.05) is 37.1 Å². The van der Waals surface area contributed by atoms with Crippen molar-refractivity contribution in [1.29, 1.82) is 0 Å². The van der Waals surface area contributed by atoms with Crippen molar-refractivity contribution in [2.24, 2.45) is 0 Å². The molecule has 2 aromatic rings. The molecule has 4 nitrogen and oxygen atoms in total. The maximum atomic E-state index is 12.7. The number of likely N-dealkylation sites (tertiary alicyclic amines) is 1. The molecule has 1 amide bonds. The molecule has 2 heterocycles. The lowest BCUT2D eigenvalue weighted by atomic mass is 10.0. The first-order chi connectivity index (χ1) is 13.4. The maximum absolute atomic E-state index is 12.7. The molecule has 5 heteroatoms. The quantitative estimate of drug-likeness (QED) is 0.586. The highest BCUT2D eigenvalue weighted by Gasteiger charge is 2.29. The number of carbonyl (C=O) groups excluding carboxylic acids is 3. The van der Waals surface area contributed by atoms with Crippen LogP contribution in [0.1, 0.15) is 70.2 Å². The number of thiophene rings is 1. The van der Waals surface area contributed by atoms with Gasteiger partial charge in [0.1, 0.15) is 5.78 Å². The van der Waals surface area contributed by atoms with E-state index in [0.29, 0.717) is 4.88 Å². The van der Waals surface area contributed by atoms with Crippen LogP contribution in [0.4, 0.5) is 0 Å². The fourth-order valence-electron chi connectivity index (χ4n) is 3.68. The Labute approximate surface area is 170 Å². The van der Waals surface area contributed by atoms with E-state index in [2.05, 4.69) is 31.2 Å². The third-order valence-corrected chi connectivity index (χ3v) is 6.34. The highest BCUT2D eigenvalue weighted by atomic mass is 32.1. The summed E-state index contributed by atoms with van der Waals surface area (Å²) in [7, 11) is 0. The summed E-state index contributed by atoms with van der Waals surface area (Å²) in [6.07, 6.45) is 2.85. The number of nitrogens with zero attached hydrogens (tertiary/aromatic N) is 1. The molecule has 148 valence electrons. The average molecular weight is 398 g/mol. The van der Waals surface area contributed by atoms with E-state index in [1.807, 2.05) is 24.0 Å². The molecule has 1 fully saturated rings. The van der Waals surface area contributed by atoms with E-state index in [4.69, 9.17) is 0 Å². The Morgan fingerprint density at radius 1 is 0.964 bits per heavy atom. The molecule has 1 unspecified atom stereocenters. The fraction of sp³-hybridized carbons (Fsp3) is 0.435. The summed E-state index contributed by atoms with van der Waals surface area (Å²) in [5.41, 5.74) is 2.37. The average Bonchev–Trinajstić information content (AvgIpc) is 3.34. The predicted molar refractivity (Wildman–Crippen MR) is 112 cm³/mol. The Morgan fingerprint density at radius 3 is 2.36 bits per heavy atom. The molecule has 1 aliphatic heterocycles. The molecule has 0 N–H and O–H groups in total. The van der Waals surface area contributed by atoms with Crippen LogP contribution >= 0.6 is 11.3 Å². The van der Waals surface area contributed by atoms with Crippen molar-refractivity contribution in [1.82, 2.24) is 4.90 Å². The number of Topliss-reactive ketones (excluding diaryl/α,β-unsaturated/α-hetero) is 2. The van der Waals surface area contributed by atoms with Gasteiger partial charge in [-0.1, -0.05) is 29.8 Å². The van der Waals surface area contributed by atoms with Gasteiger partial charge in [0.25, 0.3) is 0 Å². The van der Waals surface area contributed by atoms with Crippen molar-refractivity contribution in [3.05, 3.63) is 57.3 Å². The van der Waals surface area contributed by atoms with Crippen molar-refractivity contribution < 1.29 is 14.4 Å². The van der Waals surface area contributed by atoms with E-state index in [0.717, 1.165) is 24.3 Å². The van der Waals surface area contributed by atoms with Gasteiger partial charge in [0.15, 0.2) is 5.78 Å². The zero-order chi connectivity index (χ0) is 20.1. The van der Waals surface area contributed by atoms with Crippen LogP contribution < -0.4 is 0 Å². The van der Waals surface area contributed by atoms with Crippen LogP contribution in [0.2, 0.25) is 0 Å². The van der Waals surface area contributed by atoms with Crippen molar-refractivity contribution in [3.63, 3.8) is 0 Å². The lowest BCUT2D eigenvalue weighted by molar-refractivity contribution is -0.134. The van der Waals surface area contributed by atoms with Crippen molar-refractivity contribution >= 4 is 28.8 Å². The standard InChI is InChI=1S/C23H27NO3S/c1-16-5-8-18(9-6-16)20-4-3-15-24(20)23(27)14-11-19(25)10-12-21(26)22-13-7-17(2)28-22/h5-9,13,20H,3-4,10-12,14-15H2,1-2H3. The van der Waals surface area contributed by atoms with Crippen LogP contribution in [-0.4, -0.2) is 28.9 Å². The zero-order valence-electron chi connectivity index (χ0n) is 16.6. The van der Waals surface area contributed by atoms with Gasteiger partial charge in [0.2, 0.25) is 5.91 Å². The molecule has 0 bridgehead atoms. The Balaban J connectivity index is 1.47. The van der Waals surface area contributed by atoms with Gasteiger partial charge in [0.05, 0.1) is 10.9 Å². The minimum absolute atomic E-state index is 0.0109. The van der Waals surface area contributed by atoms with Crippen molar-refractivity contribution in [2.75, 3.05) is 6.54 Å². The molecule has 0 saturated carbocycles. The number of hydrogen-bond acceptors (Lipinski definition) is 4. The Morgan fingerprint density at radius 2 is 1.68 bits per heavy atom. The summed E-state index contributed by atoms with van der Waals surface area (Å²) >= 11 is 1.46. The molecular formula is C23H27NO3S. The van der Waals surface area contributed by atoms with Crippen LogP contribution in [0.5, 0.6) is 0 Å². The highest BCUT2D eigenvalue weighted by molar-refractivity contribution is 7.14. The third kappa shape index (κ3) is 5.16. The fourth-order valence-corrected chi connectivity index (χ4v) is 4.51. The second-order valence-corrected chi connectivity index (χ2v) is 8.82. The Bertz CT molecular complexity index is 853. The van der Waals surface area contributed by atoms with Gasteiger partial charge in [-0.15, -0.1) is 11.3 Å². The predicted octanol–water partition coefficient (Wildman–Crippen LogP) is 5.04. The van der Waals surface area contributed by atoms with Crippen LogP contribution in [0, 0.1) is 13.8 Å². The van der Waals surface area contributed by atoms with Gasteiger partial charge in [-0.2, -0.15) is 0 Å². The van der Waals surface area contributed by atoms with Gasteiger partial charge < -0.3 is 4.90 Å². The Hall–Kier alpha value is -2.27. The molecule has 0 aliphatic carbocycles. The van der Waals surface area contributed by atoms with E-state index in [1.165, 1.54) is 22.5 Å². The minimum atomic E-state index is -0.0129. The number of amides is 1. The molecular weight excluding hydrogens is 370 g/mol. The number of aryl methyl sites for hydroxylation is 2. The van der Waals surface area contributed by atoms with Gasteiger partial charge in [-0.3, -0.25) is 14.4 Å². The first-order valence-electron chi connectivity index (χ1n) is 9.91. The van der Waals surface area contributed by atoms with E-state index in [-0.39, 0.29) is 49.2 Å². The largest absolute Gasteiger partial charge is 0.336 e. The number of ketones is 2. The summed E-state index contributed by atoms with van der Waals surface area (Å²) in [6.45, 7) is 4.76. The summed E-state index contributed by atoms with van der Waals surface area (Å²) in [6, 6.07) is 12.2. The lowest BCUT2D eigenvalue weighted by Crippen LogP contribution is -2.30. The second kappa shape index (κ2) is 9.28. The van der Waals surface area contributed by atoms with Gasteiger partial charge in [-0.05, 0) is 44.4 Å². The smallest absolute Gasteiger partial charge is 0.223 e. The van der Waals surface area contributed by atoms with Crippen LogP contribution in [0.15, 0.2) is 36.4 Å². The highest BCUT2D eigenvalue weighted by Crippen LogP contribution is 2.32. The number of rotatable bonds is 8. The van der Waals surface area contributed by atoms with Crippen LogP contribution in [0.3, 0.4) is 0 Å². The maximum Gasteiger partial charge on any atom is 0.223 e. The molecule has 1 aromatic heterocycles. The van der Waals surface area contributed by atoms with Gasteiger partial charge >= 0.3 is 0 Å². The van der Waals surface area contributed by atoms with E-state index in [1.54, 1.807) is 0 Å². The van der Waals surface area contributed by atoms with Crippen molar-refractivity contribution in [3.8, 4) is 0 Å². The monoisotopic (exact) mass is 397 g/mol. The van der Waals surface area contributed by atoms with Gasteiger partial charge in [-0.25, -0.2) is 0 Å². The second-order valence-electron chi connectivity index (χ2n) is 7.53. The first-order valence-corrected chi connectivity index (χ1v) is 10.7. The molecule has 1 atom stereocenters. The molecule has 0 spiro atoms. The summed E-state index contributed by atoms with van der Waals surface area (Å²) in [5, 5.41) is 0. The summed E-state index contributed by atoms with van der Waals surface area (Å²) < 4.78 is 0. The molecule has 28 heavy (non-hydrogen) atoms. The lowest BCUT2D eigenvalue weighted by Gasteiger charge is -2.25. The first kappa shape index (κ1) is 20.5. The SMILES string of the molecule is Cc1ccc(C2CCCN2C(=O)CCC(=O)CCC(=O)c2ccc(C)s2)cc1. The molecule has 0 radical (unpaired) electrons. The summed E-state index contributed by atoms with van der Waals surface area (Å²) in [5.74, 6) is 0.0365. The van der Waals surface area contributed by atoms with Crippen molar-refractivity contribution in [2.45, 2.75) is 58.4 Å². The van der Waals surface area contributed by atoms with Crippen LogP contribution in [0.25, 0.3) is 0 Å². The summed E-state index contributed by atoms with van der Waals surface area (Å²) in [4.78, 5) is 40.7. The van der Waals surface area contributed by atoms with Crippen LogP contribution in [-0.2, 0) is 9.59 Å². The zero-order valence-corrected chi connectivity index (χ0v) is 17.4. The molecule has 1 saturated heterocycles. The Kier molecular flexibility index (Phi) is 6.79. The normalized spacial score (nSPS) is 16.4. The third-order valence-electron chi connectivity index (χ3n) is 5.30. The molecule has 3 rings (SSSR count). The molecule has 1 aromatic carbocycles. The number of carbonyl (C=O) groups is 3. The van der Waals surface area contributed by atoms with E-state index in [9.17, 15) is 14.4 Å². The van der Waals surface area contributed by atoms with E-state index >= 15 is 0 Å². The number of benzene rings is 1.